The molecule has 28 heavy (non-hydrogen) atoms. The highest BCUT2D eigenvalue weighted by molar-refractivity contribution is 6.30. The number of aromatic nitrogens is 2. The van der Waals surface area contributed by atoms with Gasteiger partial charge in [0.2, 0.25) is 11.8 Å². The van der Waals surface area contributed by atoms with Crippen molar-refractivity contribution in [3.8, 4) is 23.2 Å². The first-order valence-corrected chi connectivity index (χ1v) is 9.39. The largest absolute Gasteiger partial charge is 0.420 e. The van der Waals surface area contributed by atoms with Crippen molar-refractivity contribution in [2.45, 2.75) is 25.7 Å². The Morgan fingerprint density at radius 1 is 1.14 bits per heavy atom. The predicted octanol–water partition coefficient (Wildman–Crippen LogP) is 5.07. The minimum Gasteiger partial charge on any atom is -0.420 e. The first-order valence-electron chi connectivity index (χ1n) is 9.01. The molecule has 1 aliphatic rings. The number of nitriles is 1. The van der Waals surface area contributed by atoms with Gasteiger partial charge in [0.15, 0.2) is 0 Å². The molecule has 2 heterocycles. The fourth-order valence-electron chi connectivity index (χ4n) is 3.49. The molecule has 0 amide bonds. The molecule has 0 unspecified atom stereocenters. The number of halogens is 1. The Bertz CT molecular complexity index is 1090. The average molecular weight is 391 g/mol. The molecule has 5 nitrogen and oxygen atoms in total. The van der Waals surface area contributed by atoms with Gasteiger partial charge >= 0.3 is 0 Å². The molecule has 0 radical (unpaired) electrons. The molecule has 140 valence electrons. The van der Waals surface area contributed by atoms with Crippen LogP contribution in [0.3, 0.4) is 0 Å². The number of hydrogen-bond donors (Lipinski definition) is 2. The summed E-state index contributed by atoms with van der Waals surface area (Å²) < 4.78 is 5.64. The molecule has 0 fully saturated rings. The topological polar surface area (TPSA) is 87.7 Å². The standard InChI is InChI=1S/C22H19ClN4O/c1-12(2)13-3-5-14(6-4-13)18-17(11-24)21(25)28-22-19(18)20(26-27-22)15-7-9-16(23)10-8-15/h3-10,12,18H,25H2,1-2H3,(H,26,27)/t18-/m0/s1. The Balaban J connectivity index is 1.89. The second-order valence-electron chi connectivity index (χ2n) is 7.07. The second kappa shape index (κ2) is 7.06. The van der Waals surface area contributed by atoms with Crippen molar-refractivity contribution in [1.29, 1.82) is 5.26 Å². The zero-order valence-corrected chi connectivity index (χ0v) is 16.3. The van der Waals surface area contributed by atoms with Crippen LogP contribution in [-0.4, -0.2) is 10.2 Å². The van der Waals surface area contributed by atoms with Crippen LogP contribution in [-0.2, 0) is 0 Å². The van der Waals surface area contributed by atoms with Gasteiger partial charge in [-0.05, 0) is 29.2 Å². The Morgan fingerprint density at radius 3 is 2.43 bits per heavy atom. The fourth-order valence-corrected chi connectivity index (χ4v) is 3.61. The highest BCUT2D eigenvalue weighted by Gasteiger charge is 2.35. The summed E-state index contributed by atoms with van der Waals surface area (Å²) in [6.07, 6.45) is 0. The van der Waals surface area contributed by atoms with Gasteiger partial charge in [-0.2, -0.15) is 5.26 Å². The third-order valence-corrected chi connectivity index (χ3v) is 5.26. The van der Waals surface area contributed by atoms with E-state index < -0.39 is 0 Å². The number of aromatic amines is 1. The van der Waals surface area contributed by atoms with Gasteiger partial charge in [-0.3, -0.25) is 5.10 Å². The van der Waals surface area contributed by atoms with Crippen LogP contribution in [0.15, 0.2) is 60.0 Å². The number of nitrogens with one attached hydrogen (secondary N) is 1. The van der Waals surface area contributed by atoms with Gasteiger partial charge in [0, 0.05) is 10.6 Å². The summed E-state index contributed by atoms with van der Waals surface area (Å²) in [6.45, 7) is 4.30. The highest BCUT2D eigenvalue weighted by atomic mass is 35.5. The first-order chi connectivity index (χ1) is 13.5. The quantitative estimate of drug-likeness (QED) is 0.653. The van der Waals surface area contributed by atoms with Crippen molar-refractivity contribution in [2.75, 3.05) is 0 Å². The van der Waals surface area contributed by atoms with Crippen LogP contribution in [0, 0.1) is 11.3 Å². The maximum absolute atomic E-state index is 9.78. The lowest BCUT2D eigenvalue weighted by molar-refractivity contribution is 0.379. The number of nitrogens with two attached hydrogens (primary N) is 1. The lowest BCUT2D eigenvalue weighted by atomic mass is 9.82. The van der Waals surface area contributed by atoms with Crippen LogP contribution >= 0.6 is 11.6 Å². The van der Waals surface area contributed by atoms with Gasteiger partial charge in [-0.25, -0.2) is 0 Å². The summed E-state index contributed by atoms with van der Waals surface area (Å²) in [6, 6.07) is 17.9. The van der Waals surface area contributed by atoms with Crippen molar-refractivity contribution in [2.24, 2.45) is 5.73 Å². The molecule has 0 bridgehead atoms. The third kappa shape index (κ3) is 3.02. The van der Waals surface area contributed by atoms with Crippen LogP contribution in [0.4, 0.5) is 0 Å². The molecule has 1 aromatic heterocycles. The molecule has 1 aliphatic heterocycles. The molecular weight excluding hydrogens is 372 g/mol. The maximum Gasteiger partial charge on any atom is 0.244 e. The van der Waals surface area contributed by atoms with E-state index in [1.54, 1.807) is 0 Å². The normalized spacial score (nSPS) is 15.9. The van der Waals surface area contributed by atoms with Gasteiger partial charge in [0.25, 0.3) is 0 Å². The van der Waals surface area contributed by atoms with Crippen molar-refractivity contribution < 1.29 is 4.74 Å². The van der Waals surface area contributed by atoms with Crippen LogP contribution in [0.2, 0.25) is 5.02 Å². The van der Waals surface area contributed by atoms with E-state index in [9.17, 15) is 5.26 Å². The molecule has 6 heteroatoms. The highest BCUT2D eigenvalue weighted by Crippen LogP contribution is 2.45. The van der Waals surface area contributed by atoms with Crippen LogP contribution in [0.1, 0.15) is 42.4 Å². The molecule has 0 saturated heterocycles. The molecule has 0 aliphatic carbocycles. The SMILES string of the molecule is CC(C)c1ccc([C@H]2C(C#N)=C(N)Oc3n[nH]c(-c4ccc(Cl)cc4)c32)cc1. The summed E-state index contributed by atoms with van der Waals surface area (Å²) in [4.78, 5) is 0. The summed E-state index contributed by atoms with van der Waals surface area (Å²) in [7, 11) is 0. The van der Waals surface area contributed by atoms with Gasteiger partial charge in [-0.1, -0.05) is 61.8 Å². The van der Waals surface area contributed by atoms with Crippen molar-refractivity contribution in [3.05, 3.63) is 81.7 Å². The van der Waals surface area contributed by atoms with E-state index in [1.807, 2.05) is 36.4 Å². The number of fused-ring (bicyclic) bond motifs is 1. The maximum atomic E-state index is 9.78. The van der Waals surface area contributed by atoms with E-state index in [0.29, 0.717) is 22.4 Å². The minimum atomic E-state index is -0.362. The Kier molecular flexibility index (Phi) is 4.58. The zero-order chi connectivity index (χ0) is 19.8. The Labute approximate surface area is 168 Å². The van der Waals surface area contributed by atoms with Crippen molar-refractivity contribution >= 4 is 11.6 Å². The molecule has 1 atom stereocenters. The van der Waals surface area contributed by atoms with E-state index in [0.717, 1.165) is 22.4 Å². The van der Waals surface area contributed by atoms with Crippen molar-refractivity contribution in [1.82, 2.24) is 10.2 Å². The van der Waals surface area contributed by atoms with E-state index in [-0.39, 0.29) is 11.8 Å². The molecule has 3 N–H and O–H groups in total. The van der Waals surface area contributed by atoms with Crippen molar-refractivity contribution in [3.63, 3.8) is 0 Å². The summed E-state index contributed by atoms with van der Waals surface area (Å²) >= 11 is 6.03. The Morgan fingerprint density at radius 2 is 1.82 bits per heavy atom. The smallest absolute Gasteiger partial charge is 0.244 e. The first kappa shape index (κ1) is 18.1. The van der Waals surface area contributed by atoms with E-state index in [4.69, 9.17) is 22.1 Å². The number of benzene rings is 2. The fraction of sp³-hybridized carbons (Fsp3) is 0.182. The van der Waals surface area contributed by atoms with E-state index in [2.05, 4.69) is 42.2 Å². The number of nitrogens with zero attached hydrogens (tertiary/aromatic N) is 2. The van der Waals surface area contributed by atoms with E-state index >= 15 is 0 Å². The number of hydrogen-bond acceptors (Lipinski definition) is 4. The lowest BCUT2D eigenvalue weighted by Gasteiger charge is -2.24. The van der Waals surface area contributed by atoms with Gasteiger partial charge in [-0.15, -0.1) is 5.10 Å². The van der Waals surface area contributed by atoms with Crippen LogP contribution < -0.4 is 10.5 Å². The summed E-state index contributed by atoms with van der Waals surface area (Å²) in [5, 5.41) is 17.8. The minimum absolute atomic E-state index is 0.0853. The van der Waals surface area contributed by atoms with Gasteiger partial charge < -0.3 is 10.5 Å². The number of ether oxygens (including phenoxy) is 1. The second-order valence-corrected chi connectivity index (χ2v) is 7.51. The van der Waals surface area contributed by atoms with Gasteiger partial charge in [0.1, 0.15) is 11.6 Å². The van der Waals surface area contributed by atoms with Crippen LogP contribution in [0.5, 0.6) is 5.88 Å². The number of allylic oxidation sites excluding steroid dienone is 1. The monoisotopic (exact) mass is 390 g/mol. The summed E-state index contributed by atoms with van der Waals surface area (Å²) in [5.74, 6) is 0.537. The van der Waals surface area contributed by atoms with Crippen LogP contribution in [0.25, 0.3) is 11.3 Å². The Hall–Kier alpha value is -3.23. The molecule has 0 saturated carbocycles. The number of rotatable bonds is 3. The molecule has 0 spiro atoms. The molecule has 4 rings (SSSR count). The molecule has 2 aromatic carbocycles. The summed E-state index contributed by atoms with van der Waals surface area (Å²) in [5.41, 5.74) is 11.1. The lowest BCUT2D eigenvalue weighted by Crippen LogP contribution is -2.21. The van der Waals surface area contributed by atoms with Gasteiger partial charge in [0.05, 0.1) is 17.2 Å². The average Bonchev–Trinajstić information content (AvgIpc) is 3.10. The number of H-pyrrole nitrogens is 1. The third-order valence-electron chi connectivity index (χ3n) is 5.01. The predicted molar refractivity (Wildman–Crippen MR) is 109 cm³/mol. The molecular formula is C22H19ClN4O. The van der Waals surface area contributed by atoms with E-state index in [1.165, 1.54) is 5.56 Å². The zero-order valence-electron chi connectivity index (χ0n) is 15.5. The molecule has 3 aromatic rings.